The molecule has 34 heavy (non-hydrogen) atoms. The minimum Gasteiger partial charge on any atom is -0.497 e. The lowest BCUT2D eigenvalue weighted by atomic mass is 10.0. The van der Waals surface area contributed by atoms with Crippen LogP contribution in [0, 0.1) is 6.92 Å². The molecule has 0 aromatic heterocycles. The van der Waals surface area contributed by atoms with Crippen molar-refractivity contribution < 1.29 is 14.3 Å². The molecule has 5 rings (SSSR count). The van der Waals surface area contributed by atoms with Crippen LogP contribution in [0.4, 0.5) is 11.4 Å². The van der Waals surface area contributed by atoms with E-state index in [1.54, 1.807) is 49.6 Å². The summed E-state index contributed by atoms with van der Waals surface area (Å²) in [4.78, 5) is 28.9. The number of hydrogen-bond acceptors (Lipinski definition) is 4. The average Bonchev–Trinajstić information content (AvgIpc) is 3.10. The highest BCUT2D eigenvalue weighted by Gasteiger charge is 2.41. The molecule has 4 aromatic rings. The number of benzene rings is 4. The molecule has 2 amide bonds. The summed E-state index contributed by atoms with van der Waals surface area (Å²) < 4.78 is 5.26. The minimum absolute atomic E-state index is 0.202. The highest BCUT2D eigenvalue weighted by Crippen LogP contribution is 2.38. The van der Waals surface area contributed by atoms with Gasteiger partial charge in [0.15, 0.2) is 0 Å². The molecule has 1 aliphatic heterocycles. The summed E-state index contributed by atoms with van der Waals surface area (Å²) in [6, 6.07) is 25.8. The van der Waals surface area contributed by atoms with Gasteiger partial charge in [-0.15, -0.1) is 0 Å². The molecule has 1 heterocycles. The van der Waals surface area contributed by atoms with E-state index >= 15 is 0 Å². The third-order valence-corrected chi connectivity index (χ3v) is 6.41. The first kappa shape index (κ1) is 21.7. The van der Waals surface area contributed by atoms with Crippen molar-refractivity contribution in [1.82, 2.24) is 0 Å². The predicted molar refractivity (Wildman–Crippen MR) is 136 cm³/mol. The summed E-state index contributed by atoms with van der Waals surface area (Å²) in [5, 5.41) is 5.54. The van der Waals surface area contributed by atoms with Gasteiger partial charge in [0.2, 0.25) is 0 Å². The fraction of sp³-hybridized carbons (Fsp3) is 0.0714. The van der Waals surface area contributed by atoms with Crippen LogP contribution in [0.1, 0.15) is 11.1 Å². The molecule has 0 unspecified atom stereocenters. The Morgan fingerprint density at radius 1 is 0.824 bits per heavy atom. The number of halogens is 1. The minimum atomic E-state index is -0.424. The van der Waals surface area contributed by atoms with Gasteiger partial charge in [0.1, 0.15) is 11.4 Å². The van der Waals surface area contributed by atoms with Crippen molar-refractivity contribution in [1.29, 1.82) is 0 Å². The van der Waals surface area contributed by atoms with Gasteiger partial charge in [0.05, 0.1) is 18.4 Å². The summed E-state index contributed by atoms with van der Waals surface area (Å²) in [5.74, 6) is -0.160. The lowest BCUT2D eigenvalue weighted by Gasteiger charge is -2.18. The van der Waals surface area contributed by atoms with E-state index in [4.69, 9.17) is 16.3 Å². The first-order valence-electron chi connectivity index (χ1n) is 10.8. The van der Waals surface area contributed by atoms with Gasteiger partial charge in [-0.1, -0.05) is 66.2 Å². The Balaban J connectivity index is 1.67. The van der Waals surface area contributed by atoms with E-state index in [0.29, 0.717) is 33.3 Å². The molecule has 5 nitrogen and oxygen atoms in total. The highest BCUT2D eigenvalue weighted by atomic mass is 35.5. The largest absolute Gasteiger partial charge is 0.497 e. The molecular weight excluding hydrogens is 448 g/mol. The van der Waals surface area contributed by atoms with Crippen molar-refractivity contribution in [2.45, 2.75) is 6.92 Å². The number of ether oxygens (including phenoxy) is 1. The van der Waals surface area contributed by atoms with Gasteiger partial charge in [-0.05, 0) is 53.8 Å². The maximum absolute atomic E-state index is 13.8. The number of nitrogens with one attached hydrogen (secondary N) is 1. The van der Waals surface area contributed by atoms with Crippen LogP contribution in [0.5, 0.6) is 5.75 Å². The van der Waals surface area contributed by atoms with Gasteiger partial charge in [0, 0.05) is 16.1 Å². The zero-order chi connectivity index (χ0) is 23.8. The quantitative estimate of drug-likeness (QED) is 0.354. The smallest absolute Gasteiger partial charge is 0.282 e. The van der Waals surface area contributed by atoms with Gasteiger partial charge in [-0.3, -0.25) is 9.59 Å². The Hall–Kier alpha value is -4.09. The number of carbonyl (C=O) groups is 2. The predicted octanol–water partition coefficient (Wildman–Crippen LogP) is 6.21. The molecule has 0 fully saturated rings. The Kier molecular flexibility index (Phi) is 5.56. The van der Waals surface area contributed by atoms with Crippen LogP contribution in [-0.2, 0) is 9.59 Å². The number of amides is 2. The third kappa shape index (κ3) is 3.60. The van der Waals surface area contributed by atoms with E-state index in [1.165, 1.54) is 4.90 Å². The van der Waals surface area contributed by atoms with E-state index in [9.17, 15) is 9.59 Å². The molecule has 168 valence electrons. The van der Waals surface area contributed by atoms with Crippen LogP contribution in [0.15, 0.2) is 90.6 Å². The molecular formula is C28H21ClN2O3. The highest BCUT2D eigenvalue weighted by molar-refractivity contribution is 6.47. The van der Waals surface area contributed by atoms with Crippen LogP contribution in [0.3, 0.4) is 0 Å². The average molecular weight is 469 g/mol. The second-order valence-corrected chi connectivity index (χ2v) is 8.37. The summed E-state index contributed by atoms with van der Waals surface area (Å²) in [7, 11) is 1.58. The third-order valence-electron chi connectivity index (χ3n) is 6.00. The van der Waals surface area contributed by atoms with Crippen molar-refractivity contribution in [3.05, 3.63) is 107 Å². The molecule has 0 aliphatic carbocycles. The fourth-order valence-electron chi connectivity index (χ4n) is 4.17. The Morgan fingerprint density at radius 3 is 2.29 bits per heavy atom. The van der Waals surface area contributed by atoms with E-state index < -0.39 is 11.8 Å². The van der Waals surface area contributed by atoms with Crippen molar-refractivity contribution >= 4 is 51.1 Å². The second-order valence-electron chi connectivity index (χ2n) is 7.96. The lowest BCUT2D eigenvalue weighted by molar-refractivity contribution is -0.120. The molecule has 0 radical (unpaired) electrons. The lowest BCUT2D eigenvalue weighted by Crippen LogP contribution is -2.32. The summed E-state index contributed by atoms with van der Waals surface area (Å²) in [6.07, 6.45) is 0. The normalized spacial score (nSPS) is 13.7. The topological polar surface area (TPSA) is 58.6 Å². The van der Waals surface area contributed by atoms with Crippen molar-refractivity contribution in [3.8, 4) is 5.75 Å². The standard InChI is InChI=1S/C28H21ClN2O3/c1-17-22(29)10-6-11-23(17)30-26-25(19-13-15-20(34-2)16-14-19)27(32)31(28(26)33)24-12-5-8-18-7-3-4-9-21(18)24/h3-16,30H,1-2H3. The number of nitrogens with zero attached hydrogens (tertiary/aromatic N) is 1. The van der Waals surface area contributed by atoms with Crippen LogP contribution in [0.25, 0.3) is 16.3 Å². The zero-order valence-electron chi connectivity index (χ0n) is 18.6. The van der Waals surface area contributed by atoms with E-state index in [-0.39, 0.29) is 5.70 Å². The molecule has 0 saturated carbocycles. The molecule has 0 saturated heterocycles. The maximum Gasteiger partial charge on any atom is 0.282 e. The van der Waals surface area contributed by atoms with E-state index in [2.05, 4.69) is 5.32 Å². The van der Waals surface area contributed by atoms with Gasteiger partial charge < -0.3 is 10.1 Å². The monoisotopic (exact) mass is 468 g/mol. The number of hydrogen-bond donors (Lipinski definition) is 1. The molecule has 6 heteroatoms. The molecule has 1 aliphatic rings. The number of anilines is 2. The van der Waals surface area contributed by atoms with Crippen LogP contribution >= 0.6 is 11.6 Å². The Morgan fingerprint density at radius 2 is 1.53 bits per heavy atom. The first-order valence-corrected chi connectivity index (χ1v) is 11.1. The van der Waals surface area contributed by atoms with Gasteiger partial charge >= 0.3 is 0 Å². The molecule has 0 atom stereocenters. The van der Waals surface area contributed by atoms with Crippen LogP contribution in [0.2, 0.25) is 5.02 Å². The van der Waals surface area contributed by atoms with Crippen LogP contribution < -0.4 is 15.0 Å². The SMILES string of the molecule is COc1ccc(C2=C(Nc3cccc(Cl)c3C)C(=O)N(c3cccc4ccccc34)C2=O)cc1. The maximum atomic E-state index is 13.8. The summed E-state index contributed by atoms with van der Waals surface area (Å²) in [5.41, 5.74) is 3.10. The van der Waals surface area contributed by atoms with Crippen molar-refractivity contribution in [2.75, 3.05) is 17.3 Å². The number of fused-ring (bicyclic) bond motifs is 1. The molecule has 0 bridgehead atoms. The van der Waals surface area contributed by atoms with Crippen LogP contribution in [-0.4, -0.2) is 18.9 Å². The second kappa shape index (κ2) is 8.69. The zero-order valence-corrected chi connectivity index (χ0v) is 19.4. The summed E-state index contributed by atoms with van der Waals surface area (Å²) in [6.45, 7) is 1.86. The number of methoxy groups -OCH3 is 1. The fourth-order valence-corrected chi connectivity index (χ4v) is 4.35. The van der Waals surface area contributed by atoms with Crippen molar-refractivity contribution in [2.24, 2.45) is 0 Å². The summed E-state index contributed by atoms with van der Waals surface area (Å²) >= 11 is 6.31. The van der Waals surface area contributed by atoms with Gasteiger partial charge in [0.25, 0.3) is 11.8 Å². The van der Waals surface area contributed by atoms with Crippen molar-refractivity contribution in [3.63, 3.8) is 0 Å². The van der Waals surface area contributed by atoms with E-state index in [0.717, 1.165) is 16.3 Å². The van der Waals surface area contributed by atoms with Gasteiger partial charge in [-0.25, -0.2) is 4.90 Å². The molecule has 4 aromatic carbocycles. The number of carbonyl (C=O) groups excluding carboxylic acids is 2. The van der Waals surface area contributed by atoms with E-state index in [1.807, 2.05) is 49.4 Å². The number of imide groups is 1. The Labute approximate surface area is 202 Å². The first-order chi connectivity index (χ1) is 16.5. The Bertz CT molecular complexity index is 1470. The molecule has 1 N–H and O–H groups in total. The molecule has 0 spiro atoms. The number of rotatable bonds is 5. The van der Waals surface area contributed by atoms with Gasteiger partial charge in [-0.2, -0.15) is 0 Å².